The molecule has 7 heteroatoms. The van der Waals surface area contributed by atoms with Gasteiger partial charge in [0.1, 0.15) is 0 Å². The Labute approximate surface area is 165 Å². The number of aromatic nitrogens is 1. The average molecular weight is 407 g/mol. The fourth-order valence-electron chi connectivity index (χ4n) is 4.08. The molecule has 0 aliphatic heterocycles. The number of hydrogen-bond donors (Lipinski definition) is 1. The molecule has 1 amide bonds. The highest BCUT2D eigenvalue weighted by atomic mass is 32.2. The fraction of sp³-hybridized carbons (Fsp3) is 0.500. The first-order valence-corrected chi connectivity index (χ1v) is 12.1. The molecule has 27 heavy (non-hydrogen) atoms. The van der Waals surface area contributed by atoms with Crippen molar-refractivity contribution in [3.8, 4) is 0 Å². The molecule has 1 N–H and O–H groups in total. The van der Waals surface area contributed by atoms with Gasteiger partial charge in [0.25, 0.3) is 0 Å². The van der Waals surface area contributed by atoms with Crippen LogP contribution in [0.3, 0.4) is 0 Å². The molecule has 1 aliphatic carbocycles. The predicted molar refractivity (Wildman–Crippen MR) is 109 cm³/mol. The minimum atomic E-state index is -3.26. The number of amides is 1. The lowest BCUT2D eigenvalue weighted by Gasteiger charge is -2.34. The van der Waals surface area contributed by atoms with E-state index in [0.717, 1.165) is 24.8 Å². The maximum Gasteiger partial charge on any atom is 0.236 e. The van der Waals surface area contributed by atoms with Crippen LogP contribution in [0.2, 0.25) is 0 Å². The Morgan fingerprint density at radius 2 is 1.93 bits per heavy atom. The van der Waals surface area contributed by atoms with Crippen molar-refractivity contribution in [2.24, 2.45) is 5.92 Å². The molecule has 146 valence electrons. The van der Waals surface area contributed by atoms with Crippen molar-refractivity contribution in [2.45, 2.75) is 55.8 Å². The highest BCUT2D eigenvalue weighted by molar-refractivity contribution is 7.90. The fourth-order valence-corrected chi connectivity index (χ4v) is 5.24. The van der Waals surface area contributed by atoms with Crippen molar-refractivity contribution in [1.29, 1.82) is 0 Å². The lowest BCUT2D eigenvalue weighted by atomic mass is 9.70. The van der Waals surface area contributed by atoms with E-state index in [9.17, 15) is 13.2 Å². The van der Waals surface area contributed by atoms with Crippen LogP contribution < -0.4 is 5.32 Å². The summed E-state index contributed by atoms with van der Waals surface area (Å²) >= 11 is 1.40. The van der Waals surface area contributed by atoms with Gasteiger partial charge in [0, 0.05) is 17.8 Å². The molecule has 0 spiro atoms. The molecule has 0 saturated heterocycles. The van der Waals surface area contributed by atoms with Crippen molar-refractivity contribution in [3.05, 3.63) is 41.4 Å². The molecule has 3 rings (SSSR count). The Balaban J connectivity index is 1.98. The van der Waals surface area contributed by atoms with Crippen LogP contribution in [0, 0.1) is 5.92 Å². The smallest absolute Gasteiger partial charge is 0.236 e. The lowest BCUT2D eigenvalue weighted by molar-refractivity contribution is -0.122. The molecule has 1 unspecified atom stereocenters. The molecule has 1 heterocycles. The second-order valence-electron chi connectivity index (χ2n) is 7.38. The van der Waals surface area contributed by atoms with E-state index in [4.69, 9.17) is 0 Å². The summed E-state index contributed by atoms with van der Waals surface area (Å²) in [5.41, 5.74) is 0.190. The third-order valence-corrected chi connectivity index (χ3v) is 7.45. The minimum absolute atomic E-state index is 0.0565. The van der Waals surface area contributed by atoms with E-state index < -0.39 is 15.3 Å². The first-order valence-electron chi connectivity index (χ1n) is 9.37. The Bertz CT molecular complexity index is 870. The number of nitrogens with one attached hydrogen (secondary N) is 1. The average Bonchev–Trinajstić information content (AvgIpc) is 3.33. The van der Waals surface area contributed by atoms with E-state index in [1.54, 1.807) is 30.5 Å². The Hall–Kier alpha value is -1.73. The molecule has 1 aromatic heterocycles. The van der Waals surface area contributed by atoms with Gasteiger partial charge >= 0.3 is 0 Å². The molecule has 1 saturated carbocycles. The maximum atomic E-state index is 13.4. The second kappa shape index (κ2) is 8.10. The summed E-state index contributed by atoms with van der Waals surface area (Å²) in [6.07, 6.45) is 9.02. The molecular weight excluding hydrogens is 380 g/mol. The summed E-state index contributed by atoms with van der Waals surface area (Å²) in [6.45, 7) is 2.03. The van der Waals surface area contributed by atoms with Crippen molar-refractivity contribution in [1.82, 2.24) is 4.98 Å². The molecule has 2 aromatic rings. The van der Waals surface area contributed by atoms with Crippen LogP contribution in [0.5, 0.6) is 0 Å². The Morgan fingerprint density at radius 1 is 1.26 bits per heavy atom. The minimum Gasteiger partial charge on any atom is -0.301 e. The van der Waals surface area contributed by atoms with Crippen LogP contribution in [0.15, 0.2) is 40.7 Å². The summed E-state index contributed by atoms with van der Waals surface area (Å²) in [6, 6.07) is 6.83. The first kappa shape index (κ1) is 20.0. The van der Waals surface area contributed by atoms with Gasteiger partial charge < -0.3 is 5.32 Å². The van der Waals surface area contributed by atoms with Gasteiger partial charge in [0.05, 0.1) is 10.3 Å². The molecule has 0 radical (unpaired) electrons. The van der Waals surface area contributed by atoms with E-state index in [1.807, 2.05) is 12.3 Å². The van der Waals surface area contributed by atoms with Crippen LogP contribution in [0.4, 0.5) is 5.13 Å². The van der Waals surface area contributed by atoms with Gasteiger partial charge in [-0.1, -0.05) is 44.7 Å². The van der Waals surface area contributed by atoms with E-state index in [-0.39, 0.29) is 10.8 Å². The summed E-state index contributed by atoms with van der Waals surface area (Å²) in [4.78, 5) is 17.8. The van der Waals surface area contributed by atoms with Gasteiger partial charge in [-0.3, -0.25) is 4.79 Å². The summed E-state index contributed by atoms with van der Waals surface area (Å²) in [5.74, 6) is 0.459. The van der Waals surface area contributed by atoms with Gasteiger partial charge in [0.15, 0.2) is 15.0 Å². The van der Waals surface area contributed by atoms with Crippen LogP contribution in [0.25, 0.3) is 0 Å². The highest BCUT2D eigenvalue weighted by Gasteiger charge is 2.41. The van der Waals surface area contributed by atoms with Gasteiger partial charge in [-0.15, -0.1) is 11.3 Å². The number of carbonyl (C=O) groups excluding carboxylic acids is 1. The molecule has 1 atom stereocenters. The number of nitrogens with zero attached hydrogens (tertiary/aromatic N) is 1. The zero-order chi connectivity index (χ0) is 19.5. The van der Waals surface area contributed by atoms with E-state index in [2.05, 4.69) is 10.3 Å². The molecule has 5 nitrogen and oxygen atoms in total. The summed E-state index contributed by atoms with van der Waals surface area (Å²) in [5, 5.41) is 5.41. The second-order valence-corrected chi connectivity index (χ2v) is 10.3. The number of anilines is 1. The van der Waals surface area contributed by atoms with Crippen LogP contribution in [-0.2, 0) is 20.0 Å². The topological polar surface area (TPSA) is 76.1 Å². The molecular formula is C20H26N2O3S2. The lowest BCUT2D eigenvalue weighted by Crippen LogP contribution is -2.41. The number of thiazole rings is 1. The SMILES string of the molecule is CCC(CC1CCCC1)(C(=O)Nc1nccs1)c1ccc(S(C)(=O)=O)cc1. The van der Waals surface area contributed by atoms with Crippen molar-refractivity contribution >= 4 is 32.2 Å². The number of sulfone groups is 1. The number of carbonyl (C=O) groups is 1. The normalized spacial score (nSPS) is 17.6. The number of rotatable bonds is 7. The van der Waals surface area contributed by atoms with Gasteiger partial charge in [0.2, 0.25) is 5.91 Å². The summed E-state index contributed by atoms with van der Waals surface area (Å²) < 4.78 is 23.6. The third-order valence-electron chi connectivity index (χ3n) is 5.64. The van der Waals surface area contributed by atoms with E-state index in [0.29, 0.717) is 17.5 Å². The van der Waals surface area contributed by atoms with Crippen LogP contribution in [0.1, 0.15) is 51.0 Å². The summed E-state index contributed by atoms with van der Waals surface area (Å²) in [7, 11) is -3.26. The molecule has 1 aliphatic rings. The van der Waals surface area contributed by atoms with Crippen molar-refractivity contribution < 1.29 is 13.2 Å². The van der Waals surface area contributed by atoms with Gasteiger partial charge in [-0.2, -0.15) is 0 Å². The van der Waals surface area contributed by atoms with Gasteiger partial charge in [-0.25, -0.2) is 13.4 Å². The van der Waals surface area contributed by atoms with Crippen molar-refractivity contribution in [2.75, 3.05) is 11.6 Å². The van der Waals surface area contributed by atoms with Crippen molar-refractivity contribution in [3.63, 3.8) is 0 Å². The molecule has 0 bridgehead atoms. The quantitative estimate of drug-likeness (QED) is 0.739. The predicted octanol–water partition coefficient (Wildman–Crippen LogP) is 4.41. The number of hydrogen-bond acceptors (Lipinski definition) is 5. The van der Waals surface area contributed by atoms with Crippen LogP contribution in [-0.4, -0.2) is 25.6 Å². The largest absolute Gasteiger partial charge is 0.301 e. The number of benzene rings is 1. The standard InChI is InChI=1S/C20H26N2O3S2/c1-3-20(14-15-6-4-5-7-15,18(23)22-19-21-12-13-26-19)16-8-10-17(11-9-16)27(2,24)25/h8-13,15H,3-7,14H2,1-2H3,(H,21,22,23). The maximum absolute atomic E-state index is 13.4. The first-order chi connectivity index (χ1) is 12.8. The highest BCUT2D eigenvalue weighted by Crippen LogP contribution is 2.41. The van der Waals surface area contributed by atoms with E-state index >= 15 is 0 Å². The third kappa shape index (κ3) is 4.41. The molecule has 1 aromatic carbocycles. The van der Waals surface area contributed by atoms with Gasteiger partial charge in [-0.05, 0) is 36.5 Å². The van der Waals surface area contributed by atoms with Crippen LogP contribution >= 0.6 is 11.3 Å². The zero-order valence-electron chi connectivity index (χ0n) is 15.8. The van der Waals surface area contributed by atoms with E-state index in [1.165, 1.54) is 30.4 Å². The molecule has 1 fully saturated rings. The zero-order valence-corrected chi connectivity index (χ0v) is 17.4. The Kier molecular flexibility index (Phi) is 6.01. The monoisotopic (exact) mass is 406 g/mol. The Morgan fingerprint density at radius 3 is 2.44 bits per heavy atom.